The van der Waals surface area contributed by atoms with Gasteiger partial charge < -0.3 is 57.1 Å². The fourth-order valence-electron chi connectivity index (χ4n) is 18.4. The lowest BCUT2D eigenvalue weighted by molar-refractivity contribution is -0.227. The van der Waals surface area contributed by atoms with Crippen LogP contribution in [0.5, 0.6) is 0 Å². The molecule has 15 heteroatoms. The maximum atomic E-state index is 15.3. The van der Waals surface area contributed by atoms with E-state index in [1.54, 1.807) is 6.92 Å². The molecule has 5 saturated carbocycles. The Kier molecular flexibility index (Phi) is 13.1. The van der Waals surface area contributed by atoms with Crippen LogP contribution in [0.3, 0.4) is 0 Å². The van der Waals surface area contributed by atoms with Crippen LogP contribution in [0.15, 0.2) is 46.4 Å². The summed E-state index contributed by atoms with van der Waals surface area (Å²) in [5.41, 5.74) is 6.83. The molecule has 20 atom stereocenters. The molecule has 72 heavy (non-hydrogen) atoms. The second kappa shape index (κ2) is 18.4. The van der Waals surface area contributed by atoms with E-state index in [2.05, 4.69) is 47.1 Å². The lowest BCUT2D eigenvalue weighted by Gasteiger charge is -2.63. The molecule has 394 valence electrons. The van der Waals surface area contributed by atoms with Crippen LogP contribution in [0, 0.1) is 87.3 Å². The number of allylic oxidation sites excluding steroid dienone is 3. The summed E-state index contributed by atoms with van der Waals surface area (Å²) in [6, 6.07) is 0.760. The van der Waals surface area contributed by atoms with E-state index in [1.807, 2.05) is 25.4 Å². The number of ketones is 2. The molecule has 2 heterocycles. The number of cyclic esters (lactones) is 1. The van der Waals surface area contributed by atoms with Crippen LogP contribution in [-0.2, 0) is 19.1 Å². The maximum Gasteiger partial charge on any atom is 0.313 e. The first-order chi connectivity index (χ1) is 34.1. The minimum Gasteiger partial charge on any atom is -0.465 e. The van der Waals surface area contributed by atoms with Crippen molar-refractivity contribution in [1.29, 1.82) is 0 Å². The van der Waals surface area contributed by atoms with Crippen molar-refractivity contribution < 1.29 is 49.8 Å². The fourth-order valence-corrected chi connectivity index (χ4v) is 18.4. The van der Waals surface area contributed by atoms with Gasteiger partial charge in [0.25, 0.3) is 0 Å². The number of carbonyl (C=O) groups is 3. The molecule has 1 spiro atoms. The Morgan fingerprint density at radius 1 is 1.00 bits per heavy atom. The van der Waals surface area contributed by atoms with Gasteiger partial charge >= 0.3 is 5.97 Å². The van der Waals surface area contributed by atoms with Gasteiger partial charge in [-0.15, -0.1) is 5.92 Å². The summed E-state index contributed by atoms with van der Waals surface area (Å²) in [5, 5.41) is 78.8. The van der Waals surface area contributed by atoms with Gasteiger partial charge in [0.05, 0.1) is 53.8 Å². The fraction of sp³-hybridized carbons (Fsp3) is 0.754. The number of nitrogens with two attached hydrogens (primary N) is 2. The SMILES string of the molecule is CC(=O)C(CO)NC1=C2C(CCC3(CCN=C(N)N)C4C(CC#CC(C5COC(=O)C5c5cc[nH]c5)CC56CCC(O)(CC(C)C5CC=C5CCC(C)CC56)C4(C)O)CC23O)C2(C)CC(O)C(O)CC2C1=O. The van der Waals surface area contributed by atoms with Gasteiger partial charge in [0.2, 0.25) is 0 Å². The molecule has 2 bridgehead atoms. The largest absolute Gasteiger partial charge is 0.465 e. The Morgan fingerprint density at radius 2 is 1.78 bits per heavy atom. The van der Waals surface area contributed by atoms with Crippen LogP contribution >= 0.6 is 0 Å². The van der Waals surface area contributed by atoms with Gasteiger partial charge in [-0.1, -0.05) is 38.3 Å². The van der Waals surface area contributed by atoms with Gasteiger partial charge in [0.1, 0.15) is 6.04 Å². The number of nitrogens with zero attached hydrogens (tertiary/aromatic N) is 1. The third-order valence-electron chi connectivity index (χ3n) is 21.8. The number of guanidine groups is 1. The number of H-pyrrole nitrogens is 1. The first-order valence-electron chi connectivity index (χ1n) is 27.3. The molecule has 12 N–H and O–H groups in total. The van der Waals surface area contributed by atoms with Crippen molar-refractivity contribution >= 4 is 23.5 Å². The topological polar surface area (TPSA) is 274 Å². The predicted octanol–water partition coefficient (Wildman–Crippen LogP) is 4.30. The first kappa shape index (κ1) is 51.4. The summed E-state index contributed by atoms with van der Waals surface area (Å²) in [6.45, 7) is 9.30. The number of aliphatic hydroxyl groups excluding tert-OH is 3. The maximum absolute atomic E-state index is 15.3. The normalized spacial score (nSPS) is 46.9. The summed E-state index contributed by atoms with van der Waals surface area (Å²) in [7, 11) is 0. The lowest BCUT2D eigenvalue weighted by Crippen LogP contribution is -2.67. The van der Waals surface area contributed by atoms with Crippen molar-refractivity contribution in [3.8, 4) is 11.8 Å². The summed E-state index contributed by atoms with van der Waals surface area (Å²) in [4.78, 5) is 50.0. The molecule has 1 aromatic heterocycles. The van der Waals surface area contributed by atoms with E-state index in [0.717, 1.165) is 31.2 Å². The highest BCUT2D eigenvalue weighted by atomic mass is 16.5. The third-order valence-corrected chi connectivity index (χ3v) is 21.8. The van der Waals surface area contributed by atoms with Crippen molar-refractivity contribution in [2.24, 2.45) is 91.9 Å². The number of hydrogen-bond donors (Lipinski definition) is 10. The van der Waals surface area contributed by atoms with Crippen LogP contribution in [0.2, 0.25) is 0 Å². The lowest BCUT2D eigenvalue weighted by atomic mass is 9.43. The number of aromatic nitrogens is 1. The van der Waals surface area contributed by atoms with E-state index in [4.69, 9.17) is 16.2 Å². The van der Waals surface area contributed by atoms with Gasteiger partial charge in [-0.25, -0.2) is 0 Å². The zero-order valence-corrected chi connectivity index (χ0v) is 43.0. The highest BCUT2D eigenvalue weighted by molar-refractivity contribution is 6.00. The number of aliphatic hydroxyl groups is 6. The van der Waals surface area contributed by atoms with Gasteiger partial charge in [0.15, 0.2) is 17.5 Å². The van der Waals surface area contributed by atoms with Crippen LogP contribution in [0.1, 0.15) is 142 Å². The van der Waals surface area contributed by atoms with Crippen LogP contribution in [-0.4, -0.2) is 114 Å². The molecular weight excluding hydrogens is 915 g/mol. The van der Waals surface area contributed by atoms with E-state index in [1.165, 1.54) is 12.5 Å². The molecule has 8 aliphatic carbocycles. The second-order valence-electron chi connectivity index (χ2n) is 25.3. The number of hydrogen-bond acceptors (Lipinski definition) is 12. The minimum absolute atomic E-state index is 0.0207. The van der Waals surface area contributed by atoms with Crippen LogP contribution in [0.25, 0.3) is 0 Å². The standard InChI is InChI=1S/C57H81N5O10/c1-30-9-10-33-11-12-38-31(2)23-56(70)17-16-54(38,40(33)21-30)24-34(37-29-72-50(68)45(37)36-14-19-60-27-36)7-6-8-35-25-57(71)46-39(13-15-55(57,18-20-61-51(58)59)49(35)53(56,5)69)52(4)26-44(66)43(65)22-41(52)48(67)47(46)62-42(28-63)32(3)64/h11,14,19,27,30-31,34-35,37-45,49,60,62-63,65-66,69-71H,8-10,12-13,15-18,20-26,28-29H2,1-5H3,(H4,58,59,61). The Morgan fingerprint density at radius 3 is 2.49 bits per heavy atom. The van der Waals surface area contributed by atoms with Crippen molar-refractivity contribution in [2.75, 3.05) is 19.8 Å². The van der Waals surface area contributed by atoms with Crippen molar-refractivity contribution in [1.82, 2.24) is 10.3 Å². The highest BCUT2D eigenvalue weighted by Crippen LogP contribution is 2.74. The summed E-state index contributed by atoms with van der Waals surface area (Å²) in [5.74, 6) is 3.34. The number of esters is 1. The summed E-state index contributed by atoms with van der Waals surface area (Å²) < 4.78 is 5.97. The quantitative estimate of drug-likeness (QED) is 0.0545. The number of ether oxygens (including phenoxy) is 1. The number of carbonyl (C=O) groups excluding carboxylic acids is 3. The Balaban J connectivity index is 1.19. The molecule has 1 aliphatic heterocycles. The first-order valence-corrected chi connectivity index (χ1v) is 27.3. The Labute approximate surface area is 424 Å². The van der Waals surface area contributed by atoms with Crippen LogP contribution in [0.4, 0.5) is 0 Å². The van der Waals surface area contributed by atoms with Gasteiger partial charge in [-0.05, 0) is 167 Å². The highest BCUT2D eigenvalue weighted by Gasteiger charge is 2.76. The van der Waals surface area contributed by atoms with E-state index < -0.39 is 93.6 Å². The number of Topliss-reactive ketones (excluding diaryl/α,β-unsaturated/α-hetero) is 2. The van der Waals surface area contributed by atoms with E-state index >= 15 is 4.79 Å². The van der Waals surface area contributed by atoms with E-state index in [0.29, 0.717) is 50.0 Å². The van der Waals surface area contributed by atoms with Crippen molar-refractivity contribution in [3.63, 3.8) is 0 Å². The molecule has 9 aliphatic rings. The molecule has 0 amide bonds. The van der Waals surface area contributed by atoms with E-state index in [9.17, 15) is 40.2 Å². The second-order valence-corrected chi connectivity index (χ2v) is 25.3. The minimum atomic E-state index is -1.90. The number of fused-ring (bicyclic) bond motifs is 10. The summed E-state index contributed by atoms with van der Waals surface area (Å²) >= 11 is 0. The van der Waals surface area contributed by atoms with Crippen molar-refractivity contribution in [2.45, 2.75) is 172 Å². The predicted molar refractivity (Wildman–Crippen MR) is 269 cm³/mol. The van der Waals surface area contributed by atoms with Crippen LogP contribution < -0.4 is 16.8 Å². The molecule has 20 unspecified atom stereocenters. The smallest absolute Gasteiger partial charge is 0.313 e. The van der Waals surface area contributed by atoms with Crippen molar-refractivity contribution in [3.05, 3.63) is 46.9 Å². The molecule has 15 nitrogen and oxygen atoms in total. The molecular formula is C57H81N5O10. The monoisotopic (exact) mass is 996 g/mol. The van der Waals surface area contributed by atoms with Gasteiger partial charge in [-0.2, -0.15) is 0 Å². The average molecular weight is 996 g/mol. The van der Waals surface area contributed by atoms with E-state index in [-0.39, 0.29) is 97.9 Å². The molecule has 1 saturated heterocycles. The Hall–Kier alpha value is -4.04. The molecule has 10 rings (SSSR count). The zero-order valence-electron chi connectivity index (χ0n) is 43.0. The number of nitrogens with one attached hydrogen (secondary N) is 2. The molecule has 1 aromatic rings. The number of rotatable bonds is 9. The van der Waals surface area contributed by atoms with Gasteiger partial charge in [-0.3, -0.25) is 19.4 Å². The number of aliphatic imine (C=N–C) groups is 1. The molecule has 0 radical (unpaired) electrons. The number of aromatic amines is 1. The Bertz CT molecular complexity index is 2470. The average Bonchev–Trinajstić information content (AvgIpc) is 4.03. The zero-order chi connectivity index (χ0) is 51.5. The third kappa shape index (κ3) is 7.71. The molecule has 0 aromatic carbocycles. The summed E-state index contributed by atoms with van der Waals surface area (Å²) in [6.07, 6.45) is 11.0. The van der Waals surface area contributed by atoms with Gasteiger partial charge in [0, 0.05) is 54.4 Å². The molecule has 6 fully saturated rings.